The van der Waals surface area contributed by atoms with Gasteiger partial charge in [-0.25, -0.2) is 0 Å². The molecule has 0 aliphatic carbocycles. The predicted molar refractivity (Wildman–Crippen MR) is 83.8 cm³/mol. The summed E-state index contributed by atoms with van der Waals surface area (Å²) in [6.07, 6.45) is 0.867. The molecule has 1 amide bonds. The number of aryl methyl sites for hydroxylation is 1. The number of amides is 1. The van der Waals surface area contributed by atoms with Crippen molar-refractivity contribution in [2.45, 2.75) is 19.8 Å². The first-order valence-electron chi connectivity index (χ1n) is 7.15. The molecule has 118 valence electrons. The third kappa shape index (κ3) is 4.32. The third-order valence-electron chi connectivity index (χ3n) is 3.50. The summed E-state index contributed by atoms with van der Waals surface area (Å²) in [5.41, 5.74) is 2.37. The average molecular weight is 323 g/mol. The quantitative estimate of drug-likeness (QED) is 0.849. The van der Waals surface area contributed by atoms with E-state index in [-0.39, 0.29) is 24.2 Å². The Hall–Kier alpha value is -1.85. The topological polar surface area (TPSA) is 66.6 Å². The molecule has 0 aliphatic heterocycles. The summed E-state index contributed by atoms with van der Waals surface area (Å²) in [7, 11) is 0. The summed E-state index contributed by atoms with van der Waals surface area (Å²) in [4.78, 5) is 14.0. The van der Waals surface area contributed by atoms with Crippen LogP contribution in [-0.2, 0) is 17.6 Å². The van der Waals surface area contributed by atoms with Crippen LogP contribution < -0.4 is 0 Å². The van der Waals surface area contributed by atoms with Crippen LogP contribution in [0.3, 0.4) is 0 Å². The number of aliphatic hydroxyl groups excluding tert-OH is 1. The van der Waals surface area contributed by atoms with Gasteiger partial charge in [-0.05, 0) is 30.5 Å². The third-order valence-corrected chi connectivity index (χ3v) is 3.80. The van der Waals surface area contributed by atoms with Crippen molar-refractivity contribution in [2.24, 2.45) is 0 Å². The van der Waals surface area contributed by atoms with Gasteiger partial charge < -0.3 is 14.5 Å². The molecule has 0 spiro atoms. The summed E-state index contributed by atoms with van der Waals surface area (Å²) < 4.78 is 4.86. The molecule has 1 heterocycles. The van der Waals surface area contributed by atoms with Gasteiger partial charge in [-0.15, -0.1) is 0 Å². The van der Waals surface area contributed by atoms with Crippen LogP contribution in [0.25, 0.3) is 0 Å². The number of aromatic nitrogens is 1. The van der Waals surface area contributed by atoms with E-state index in [2.05, 4.69) is 5.16 Å². The van der Waals surface area contributed by atoms with Gasteiger partial charge in [-0.3, -0.25) is 4.79 Å². The average Bonchev–Trinajstić information content (AvgIpc) is 2.84. The number of rotatable bonds is 7. The molecule has 1 N–H and O–H groups in total. The van der Waals surface area contributed by atoms with E-state index in [0.29, 0.717) is 24.3 Å². The highest BCUT2D eigenvalue weighted by Crippen LogP contribution is 2.20. The van der Waals surface area contributed by atoms with Crippen LogP contribution in [0, 0.1) is 6.92 Å². The molecule has 0 aliphatic rings. The van der Waals surface area contributed by atoms with Gasteiger partial charge in [0, 0.05) is 18.7 Å². The Kier molecular flexibility index (Phi) is 5.98. The number of carbonyl (C=O) groups is 1. The maximum absolute atomic E-state index is 12.4. The van der Waals surface area contributed by atoms with E-state index in [1.165, 1.54) is 0 Å². The van der Waals surface area contributed by atoms with E-state index in [9.17, 15) is 4.79 Å². The Morgan fingerprint density at radius 3 is 2.64 bits per heavy atom. The van der Waals surface area contributed by atoms with E-state index in [1.54, 1.807) is 11.8 Å². The van der Waals surface area contributed by atoms with E-state index in [1.807, 2.05) is 30.3 Å². The lowest BCUT2D eigenvalue weighted by molar-refractivity contribution is -0.131. The minimum atomic E-state index is -0.0989. The maximum atomic E-state index is 12.4. The summed E-state index contributed by atoms with van der Waals surface area (Å²) in [5.74, 6) is -0.0989. The van der Waals surface area contributed by atoms with Gasteiger partial charge in [0.2, 0.25) is 11.1 Å². The van der Waals surface area contributed by atoms with E-state index in [4.69, 9.17) is 21.2 Å². The molecule has 6 heteroatoms. The molecule has 0 fully saturated rings. The molecule has 5 nitrogen and oxygen atoms in total. The van der Waals surface area contributed by atoms with Crippen molar-refractivity contribution in [1.29, 1.82) is 0 Å². The first-order valence-corrected chi connectivity index (χ1v) is 7.53. The Balaban J connectivity index is 1.99. The molecule has 1 aromatic carbocycles. The van der Waals surface area contributed by atoms with Crippen LogP contribution in [0.1, 0.15) is 16.8 Å². The van der Waals surface area contributed by atoms with Gasteiger partial charge in [-0.2, -0.15) is 0 Å². The molecule has 1 aromatic heterocycles. The highest BCUT2D eigenvalue weighted by Gasteiger charge is 2.19. The lowest BCUT2D eigenvalue weighted by atomic mass is 10.1. The van der Waals surface area contributed by atoms with Crippen molar-refractivity contribution in [2.75, 3.05) is 19.7 Å². The normalized spacial score (nSPS) is 10.7. The van der Waals surface area contributed by atoms with Crippen molar-refractivity contribution in [3.8, 4) is 0 Å². The van der Waals surface area contributed by atoms with Crippen LogP contribution in [0.15, 0.2) is 34.9 Å². The molecule has 2 aromatic rings. The smallest absolute Gasteiger partial charge is 0.229 e. The van der Waals surface area contributed by atoms with Gasteiger partial charge in [0.15, 0.2) is 0 Å². The molecule has 0 unspecified atom stereocenters. The SMILES string of the molecule is Cc1noc(Cl)c1CC(=O)N(CCO)CCc1ccccc1. The van der Waals surface area contributed by atoms with E-state index < -0.39 is 0 Å². The van der Waals surface area contributed by atoms with Crippen LogP contribution in [-0.4, -0.2) is 40.8 Å². The fourth-order valence-corrected chi connectivity index (χ4v) is 2.45. The monoisotopic (exact) mass is 322 g/mol. The zero-order chi connectivity index (χ0) is 15.9. The predicted octanol–water partition coefficient (Wildman–Crippen LogP) is 2.24. The van der Waals surface area contributed by atoms with Gasteiger partial charge >= 0.3 is 0 Å². The highest BCUT2D eigenvalue weighted by molar-refractivity contribution is 6.29. The Morgan fingerprint density at radius 2 is 2.05 bits per heavy atom. The van der Waals surface area contributed by atoms with Crippen molar-refractivity contribution < 1.29 is 14.4 Å². The second-order valence-electron chi connectivity index (χ2n) is 5.04. The number of hydrogen-bond acceptors (Lipinski definition) is 4. The molecule has 0 saturated heterocycles. The van der Waals surface area contributed by atoms with Crippen LogP contribution in [0.5, 0.6) is 0 Å². The van der Waals surface area contributed by atoms with Gasteiger partial charge in [-0.1, -0.05) is 35.5 Å². The molecule has 22 heavy (non-hydrogen) atoms. The van der Waals surface area contributed by atoms with Crippen molar-refractivity contribution in [1.82, 2.24) is 10.1 Å². The number of halogens is 1. The molecule has 0 bridgehead atoms. The number of hydrogen-bond donors (Lipinski definition) is 1. The first kappa shape index (κ1) is 16.5. The van der Waals surface area contributed by atoms with Crippen molar-refractivity contribution >= 4 is 17.5 Å². The molecular weight excluding hydrogens is 304 g/mol. The minimum Gasteiger partial charge on any atom is -0.395 e. The Bertz CT molecular complexity index is 594. The summed E-state index contributed by atoms with van der Waals surface area (Å²) in [6, 6.07) is 9.92. The van der Waals surface area contributed by atoms with Crippen LogP contribution in [0.4, 0.5) is 0 Å². The Morgan fingerprint density at radius 1 is 1.32 bits per heavy atom. The highest BCUT2D eigenvalue weighted by atomic mass is 35.5. The largest absolute Gasteiger partial charge is 0.395 e. The number of aliphatic hydroxyl groups is 1. The zero-order valence-corrected chi connectivity index (χ0v) is 13.2. The molecule has 0 radical (unpaired) electrons. The summed E-state index contributed by atoms with van der Waals surface area (Å²) in [5, 5.41) is 13.1. The van der Waals surface area contributed by atoms with E-state index in [0.717, 1.165) is 12.0 Å². The minimum absolute atomic E-state index is 0.0725. The standard InChI is InChI=1S/C16H19ClN2O3/c1-12-14(16(17)22-18-12)11-15(21)19(9-10-20)8-7-13-5-3-2-4-6-13/h2-6,20H,7-11H2,1H3. The zero-order valence-electron chi connectivity index (χ0n) is 12.5. The van der Waals surface area contributed by atoms with E-state index >= 15 is 0 Å². The van der Waals surface area contributed by atoms with Crippen LogP contribution in [0.2, 0.25) is 5.22 Å². The van der Waals surface area contributed by atoms with Gasteiger partial charge in [0.25, 0.3) is 0 Å². The fraction of sp³-hybridized carbons (Fsp3) is 0.375. The van der Waals surface area contributed by atoms with Crippen molar-refractivity contribution in [3.63, 3.8) is 0 Å². The lowest BCUT2D eigenvalue weighted by Gasteiger charge is -2.21. The number of carbonyl (C=O) groups excluding carboxylic acids is 1. The fourth-order valence-electron chi connectivity index (χ4n) is 2.21. The number of nitrogens with zero attached hydrogens (tertiary/aromatic N) is 2. The summed E-state index contributed by atoms with van der Waals surface area (Å²) in [6.45, 7) is 2.52. The summed E-state index contributed by atoms with van der Waals surface area (Å²) >= 11 is 5.89. The second-order valence-corrected chi connectivity index (χ2v) is 5.38. The van der Waals surface area contributed by atoms with Crippen LogP contribution >= 0.6 is 11.6 Å². The Labute approximate surface area is 134 Å². The van der Waals surface area contributed by atoms with Crippen molar-refractivity contribution in [3.05, 3.63) is 52.4 Å². The molecule has 2 rings (SSSR count). The molecule has 0 atom stereocenters. The first-order chi connectivity index (χ1) is 10.6. The number of benzene rings is 1. The lowest BCUT2D eigenvalue weighted by Crippen LogP contribution is -2.36. The maximum Gasteiger partial charge on any atom is 0.229 e. The molecular formula is C16H19ClN2O3. The molecule has 0 saturated carbocycles. The van der Waals surface area contributed by atoms with Gasteiger partial charge in [0.05, 0.1) is 18.7 Å². The van der Waals surface area contributed by atoms with Gasteiger partial charge in [0.1, 0.15) is 0 Å². The second kappa shape index (κ2) is 7.96.